The maximum absolute atomic E-state index is 12.9. The number of anilines is 2. The Morgan fingerprint density at radius 3 is 2.30 bits per heavy atom. The fourth-order valence-corrected chi connectivity index (χ4v) is 5.17. The van der Waals surface area contributed by atoms with Gasteiger partial charge in [0.15, 0.2) is 0 Å². The van der Waals surface area contributed by atoms with E-state index < -0.39 is 10.0 Å². The highest BCUT2D eigenvalue weighted by atomic mass is 79.9. The number of benzene rings is 2. The van der Waals surface area contributed by atoms with Crippen molar-refractivity contribution in [3.63, 3.8) is 0 Å². The molecule has 3 rings (SSSR count). The Bertz CT molecular complexity index is 1000. The minimum absolute atomic E-state index is 0.0691. The number of aryl methyl sites for hydroxylation is 1. The molecule has 0 radical (unpaired) electrons. The van der Waals surface area contributed by atoms with Gasteiger partial charge < -0.3 is 15.4 Å². The lowest BCUT2D eigenvalue weighted by atomic mass is 10.2. The normalized spacial score (nSPS) is 20.0. The summed E-state index contributed by atoms with van der Waals surface area (Å²) in [6, 6.07) is 12.0. The molecule has 1 aliphatic heterocycles. The largest absolute Gasteiger partial charge is 0.376 e. The number of rotatable bonds is 6. The number of ether oxygens (including phenoxy) is 1. The van der Waals surface area contributed by atoms with Crippen molar-refractivity contribution in [1.29, 1.82) is 0 Å². The number of nitrogens with zero attached hydrogens (tertiary/aromatic N) is 1. The topological polar surface area (TPSA) is 87.7 Å². The maximum Gasteiger partial charge on any atom is 0.243 e. The molecule has 2 aromatic rings. The summed E-state index contributed by atoms with van der Waals surface area (Å²) in [6.45, 7) is 6.42. The number of amides is 1. The summed E-state index contributed by atoms with van der Waals surface area (Å²) in [5.74, 6) is -0.190. The molecule has 0 spiro atoms. The zero-order valence-electron chi connectivity index (χ0n) is 17.2. The van der Waals surface area contributed by atoms with Crippen molar-refractivity contribution in [1.82, 2.24) is 4.31 Å². The van der Waals surface area contributed by atoms with E-state index in [4.69, 9.17) is 4.74 Å². The summed E-state index contributed by atoms with van der Waals surface area (Å²) in [5, 5.41) is 5.84. The lowest BCUT2D eigenvalue weighted by Crippen LogP contribution is -2.48. The van der Waals surface area contributed by atoms with E-state index in [-0.39, 0.29) is 29.6 Å². The third-order valence-corrected chi connectivity index (χ3v) is 7.51. The van der Waals surface area contributed by atoms with Gasteiger partial charge >= 0.3 is 0 Å². The van der Waals surface area contributed by atoms with E-state index in [9.17, 15) is 13.2 Å². The minimum Gasteiger partial charge on any atom is -0.376 e. The first kappa shape index (κ1) is 22.7. The summed E-state index contributed by atoms with van der Waals surface area (Å²) >= 11 is 3.43. The predicted octanol–water partition coefficient (Wildman–Crippen LogP) is 3.61. The van der Waals surface area contributed by atoms with Gasteiger partial charge in [-0.05, 0) is 68.8 Å². The van der Waals surface area contributed by atoms with E-state index in [1.165, 1.54) is 4.31 Å². The van der Waals surface area contributed by atoms with E-state index in [1.807, 2.05) is 39.0 Å². The Morgan fingerprint density at radius 2 is 1.70 bits per heavy atom. The van der Waals surface area contributed by atoms with Gasteiger partial charge in [-0.3, -0.25) is 4.79 Å². The molecule has 162 valence electrons. The van der Waals surface area contributed by atoms with Crippen LogP contribution in [-0.2, 0) is 19.6 Å². The molecule has 0 aliphatic carbocycles. The number of nitrogens with one attached hydrogen (secondary N) is 2. The summed E-state index contributed by atoms with van der Waals surface area (Å²) in [7, 11) is -3.58. The van der Waals surface area contributed by atoms with Crippen molar-refractivity contribution in [2.45, 2.75) is 37.9 Å². The second kappa shape index (κ2) is 9.47. The van der Waals surface area contributed by atoms with E-state index in [1.54, 1.807) is 24.3 Å². The van der Waals surface area contributed by atoms with Gasteiger partial charge in [-0.25, -0.2) is 8.42 Å². The van der Waals surface area contributed by atoms with Gasteiger partial charge in [0.05, 0.1) is 23.6 Å². The van der Waals surface area contributed by atoms with Crippen LogP contribution in [-0.4, -0.2) is 50.5 Å². The second-order valence-electron chi connectivity index (χ2n) is 7.47. The van der Waals surface area contributed by atoms with Crippen LogP contribution in [0.1, 0.15) is 19.4 Å². The smallest absolute Gasteiger partial charge is 0.243 e. The van der Waals surface area contributed by atoms with Crippen LogP contribution in [0.15, 0.2) is 51.8 Å². The molecule has 1 amide bonds. The fraction of sp³-hybridized carbons (Fsp3) is 0.381. The Morgan fingerprint density at radius 1 is 1.10 bits per heavy atom. The Kier molecular flexibility index (Phi) is 7.18. The van der Waals surface area contributed by atoms with Gasteiger partial charge in [0, 0.05) is 28.9 Å². The molecule has 30 heavy (non-hydrogen) atoms. The molecule has 0 bridgehead atoms. The molecule has 2 N–H and O–H groups in total. The molecule has 0 saturated carbocycles. The van der Waals surface area contributed by atoms with Gasteiger partial charge in [0.1, 0.15) is 0 Å². The molecule has 1 fully saturated rings. The third kappa shape index (κ3) is 5.60. The molecule has 2 atom stereocenters. The Hall–Kier alpha value is -1.94. The zero-order valence-corrected chi connectivity index (χ0v) is 19.6. The fourth-order valence-electron chi connectivity index (χ4n) is 3.33. The quantitative estimate of drug-likeness (QED) is 0.638. The first-order valence-electron chi connectivity index (χ1n) is 9.70. The summed E-state index contributed by atoms with van der Waals surface area (Å²) < 4.78 is 33.8. The van der Waals surface area contributed by atoms with E-state index >= 15 is 0 Å². The number of halogens is 1. The number of carbonyl (C=O) groups excluding carboxylic acids is 1. The van der Waals surface area contributed by atoms with Crippen LogP contribution < -0.4 is 10.6 Å². The molecule has 0 aromatic heterocycles. The van der Waals surface area contributed by atoms with Crippen molar-refractivity contribution in [2.24, 2.45) is 0 Å². The van der Waals surface area contributed by atoms with Crippen molar-refractivity contribution < 1.29 is 17.9 Å². The van der Waals surface area contributed by atoms with Crippen LogP contribution in [0.25, 0.3) is 0 Å². The standard InChI is InChI=1S/C21H26BrN3O4S/c1-14-10-18(6-9-20(14)22)24-21(26)11-23-17-4-7-19(8-5-17)30(27,28)25-12-15(2)29-16(3)13-25/h4-10,15-16,23H,11-13H2,1-3H3,(H,24,26). The molecular formula is C21H26BrN3O4S. The van der Waals surface area contributed by atoms with Crippen molar-refractivity contribution in [3.05, 3.63) is 52.5 Å². The van der Waals surface area contributed by atoms with Crippen LogP contribution in [0.5, 0.6) is 0 Å². The molecule has 1 aliphatic rings. The monoisotopic (exact) mass is 495 g/mol. The number of carbonyl (C=O) groups is 1. The van der Waals surface area contributed by atoms with Gasteiger partial charge in [0.25, 0.3) is 0 Å². The minimum atomic E-state index is -3.58. The highest BCUT2D eigenvalue weighted by molar-refractivity contribution is 9.10. The second-order valence-corrected chi connectivity index (χ2v) is 10.3. The number of morpholine rings is 1. The number of hydrogen-bond donors (Lipinski definition) is 2. The van der Waals surface area contributed by atoms with Gasteiger partial charge in [0.2, 0.25) is 15.9 Å². The molecular weight excluding hydrogens is 470 g/mol. The van der Waals surface area contributed by atoms with Gasteiger partial charge in [-0.2, -0.15) is 4.31 Å². The lowest BCUT2D eigenvalue weighted by molar-refractivity contribution is -0.114. The Labute approximate surface area is 186 Å². The average Bonchev–Trinajstić information content (AvgIpc) is 2.69. The molecule has 1 saturated heterocycles. The highest BCUT2D eigenvalue weighted by Gasteiger charge is 2.32. The Balaban J connectivity index is 1.58. The maximum atomic E-state index is 12.9. The van der Waals surface area contributed by atoms with Crippen LogP contribution in [0.3, 0.4) is 0 Å². The van der Waals surface area contributed by atoms with Gasteiger partial charge in [-0.15, -0.1) is 0 Å². The van der Waals surface area contributed by atoms with E-state index in [0.29, 0.717) is 18.8 Å². The van der Waals surface area contributed by atoms with Gasteiger partial charge in [-0.1, -0.05) is 15.9 Å². The van der Waals surface area contributed by atoms with E-state index in [2.05, 4.69) is 26.6 Å². The predicted molar refractivity (Wildman–Crippen MR) is 121 cm³/mol. The first-order valence-corrected chi connectivity index (χ1v) is 11.9. The van der Waals surface area contributed by atoms with Crippen molar-refractivity contribution in [3.8, 4) is 0 Å². The van der Waals surface area contributed by atoms with E-state index in [0.717, 1.165) is 15.7 Å². The summed E-state index contributed by atoms with van der Waals surface area (Å²) in [6.07, 6.45) is -0.282. The van der Waals surface area contributed by atoms with Crippen LogP contribution in [0.2, 0.25) is 0 Å². The molecule has 7 nitrogen and oxygen atoms in total. The SMILES string of the molecule is Cc1cc(NC(=O)CNc2ccc(S(=O)(=O)N3CC(C)OC(C)C3)cc2)ccc1Br. The average molecular weight is 496 g/mol. The zero-order chi connectivity index (χ0) is 21.9. The van der Waals surface area contributed by atoms with Crippen LogP contribution in [0.4, 0.5) is 11.4 Å². The number of hydrogen-bond acceptors (Lipinski definition) is 5. The van der Waals surface area contributed by atoms with Crippen LogP contribution >= 0.6 is 15.9 Å². The molecule has 9 heteroatoms. The first-order chi connectivity index (χ1) is 14.1. The number of sulfonamides is 1. The molecule has 1 heterocycles. The third-order valence-electron chi connectivity index (χ3n) is 4.77. The lowest BCUT2D eigenvalue weighted by Gasteiger charge is -2.34. The summed E-state index contributed by atoms with van der Waals surface area (Å²) in [5.41, 5.74) is 2.42. The van der Waals surface area contributed by atoms with Crippen molar-refractivity contribution >= 4 is 43.2 Å². The molecule has 2 unspecified atom stereocenters. The molecule has 2 aromatic carbocycles. The van der Waals surface area contributed by atoms with Crippen molar-refractivity contribution in [2.75, 3.05) is 30.3 Å². The highest BCUT2D eigenvalue weighted by Crippen LogP contribution is 2.23. The summed E-state index contributed by atoms with van der Waals surface area (Å²) in [4.78, 5) is 12.4. The van der Waals surface area contributed by atoms with Crippen LogP contribution in [0, 0.1) is 6.92 Å².